The second-order valence-electron chi connectivity index (χ2n) is 6.26. The van der Waals surface area contributed by atoms with E-state index < -0.39 is 6.03 Å². The summed E-state index contributed by atoms with van der Waals surface area (Å²) in [6, 6.07) is 14.7. The zero-order valence-corrected chi connectivity index (χ0v) is 19.3. The molecule has 2 aromatic carbocycles. The molecule has 150 valence electrons. The van der Waals surface area contributed by atoms with E-state index in [0.29, 0.717) is 5.69 Å². The summed E-state index contributed by atoms with van der Waals surface area (Å²) < 4.78 is 9.19. The Labute approximate surface area is 186 Å². The highest BCUT2D eigenvalue weighted by atomic mass is 79.9. The minimum atomic E-state index is -0.427. The standard InChI is InChI=1S/C21H20Br2N4O2/c1-13-19(20(23)14(2)27(13)17-8-4-15(22)5-9-17)12-24-26-21(28)25-16-6-10-18(29-3)11-7-16/h4-12H,1-3H3,(H2,25,26,28)/b24-12+. The number of urea groups is 1. The summed E-state index contributed by atoms with van der Waals surface area (Å²) in [5.41, 5.74) is 7.15. The van der Waals surface area contributed by atoms with Crippen molar-refractivity contribution in [2.24, 2.45) is 5.10 Å². The number of hydrazone groups is 1. The normalized spacial score (nSPS) is 10.9. The summed E-state index contributed by atoms with van der Waals surface area (Å²) in [5, 5.41) is 6.81. The third kappa shape index (κ3) is 4.89. The van der Waals surface area contributed by atoms with Crippen molar-refractivity contribution in [1.82, 2.24) is 9.99 Å². The van der Waals surface area contributed by atoms with Gasteiger partial charge in [-0.1, -0.05) is 15.9 Å². The molecule has 3 rings (SSSR count). The first-order valence-electron chi connectivity index (χ1n) is 8.78. The van der Waals surface area contributed by atoms with Gasteiger partial charge in [-0.05, 0) is 78.3 Å². The maximum atomic E-state index is 12.1. The smallest absolute Gasteiger partial charge is 0.339 e. The minimum absolute atomic E-state index is 0.427. The average molecular weight is 520 g/mol. The van der Waals surface area contributed by atoms with Gasteiger partial charge in [0, 0.05) is 37.3 Å². The van der Waals surface area contributed by atoms with Crippen molar-refractivity contribution < 1.29 is 9.53 Å². The van der Waals surface area contributed by atoms with Gasteiger partial charge in [-0.15, -0.1) is 0 Å². The molecule has 0 unspecified atom stereocenters. The van der Waals surface area contributed by atoms with Crippen LogP contribution in [0.3, 0.4) is 0 Å². The van der Waals surface area contributed by atoms with Crippen molar-refractivity contribution in [3.8, 4) is 11.4 Å². The molecular formula is C21H20Br2N4O2. The maximum absolute atomic E-state index is 12.1. The molecule has 0 spiro atoms. The first kappa shape index (κ1) is 21.1. The quantitative estimate of drug-likeness (QED) is 0.331. The number of aromatic nitrogens is 1. The summed E-state index contributed by atoms with van der Waals surface area (Å²) in [6.45, 7) is 4.04. The van der Waals surface area contributed by atoms with Crippen LogP contribution in [0, 0.1) is 13.8 Å². The zero-order chi connectivity index (χ0) is 21.0. The molecule has 0 fully saturated rings. The molecule has 0 saturated carbocycles. The third-order valence-corrected chi connectivity index (χ3v) is 5.94. The molecule has 1 heterocycles. The summed E-state index contributed by atoms with van der Waals surface area (Å²) in [7, 11) is 1.59. The van der Waals surface area contributed by atoms with E-state index in [1.807, 2.05) is 38.1 Å². The SMILES string of the molecule is COc1ccc(NC(=O)N/N=C/c2c(Br)c(C)n(-c3ccc(Br)cc3)c2C)cc1. The van der Waals surface area contributed by atoms with Gasteiger partial charge < -0.3 is 14.6 Å². The van der Waals surface area contributed by atoms with Crippen molar-refractivity contribution in [3.05, 3.63) is 74.4 Å². The highest BCUT2D eigenvalue weighted by molar-refractivity contribution is 9.10. The molecule has 0 aliphatic heterocycles. The molecule has 0 aliphatic rings. The zero-order valence-electron chi connectivity index (χ0n) is 16.2. The fourth-order valence-electron chi connectivity index (χ4n) is 2.94. The van der Waals surface area contributed by atoms with Crippen LogP contribution in [0.4, 0.5) is 10.5 Å². The number of amides is 2. The Hall–Kier alpha value is -2.58. The Balaban J connectivity index is 1.72. The summed E-state index contributed by atoms with van der Waals surface area (Å²) in [6.07, 6.45) is 1.63. The van der Waals surface area contributed by atoms with Gasteiger partial charge in [0.1, 0.15) is 5.75 Å². The summed E-state index contributed by atoms with van der Waals surface area (Å²) >= 11 is 7.10. The van der Waals surface area contributed by atoms with Gasteiger partial charge in [-0.2, -0.15) is 5.10 Å². The molecule has 29 heavy (non-hydrogen) atoms. The van der Waals surface area contributed by atoms with Gasteiger partial charge >= 0.3 is 6.03 Å². The van der Waals surface area contributed by atoms with E-state index in [1.165, 1.54) is 0 Å². The van der Waals surface area contributed by atoms with Crippen LogP contribution >= 0.6 is 31.9 Å². The molecule has 6 nitrogen and oxygen atoms in total. The number of nitrogens with zero attached hydrogens (tertiary/aromatic N) is 2. The lowest BCUT2D eigenvalue weighted by Gasteiger charge is -2.09. The number of hydrogen-bond donors (Lipinski definition) is 2. The second kappa shape index (κ2) is 9.28. The van der Waals surface area contributed by atoms with E-state index in [4.69, 9.17) is 4.74 Å². The van der Waals surface area contributed by atoms with Gasteiger partial charge in [-0.3, -0.25) is 0 Å². The van der Waals surface area contributed by atoms with Gasteiger partial charge in [0.15, 0.2) is 0 Å². The van der Waals surface area contributed by atoms with Crippen LogP contribution in [0.2, 0.25) is 0 Å². The van der Waals surface area contributed by atoms with Gasteiger partial charge in [0.25, 0.3) is 0 Å². The lowest BCUT2D eigenvalue weighted by Crippen LogP contribution is -2.24. The lowest BCUT2D eigenvalue weighted by atomic mass is 10.2. The molecule has 3 aromatic rings. The van der Waals surface area contributed by atoms with Gasteiger partial charge in [0.2, 0.25) is 0 Å². The van der Waals surface area contributed by atoms with Crippen molar-refractivity contribution in [2.75, 3.05) is 12.4 Å². The lowest BCUT2D eigenvalue weighted by molar-refractivity contribution is 0.252. The molecule has 2 amide bonds. The topological polar surface area (TPSA) is 67.7 Å². The molecule has 0 aliphatic carbocycles. The number of benzene rings is 2. The van der Waals surface area contributed by atoms with Crippen LogP contribution in [0.25, 0.3) is 5.69 Å². The van der Waals surface area contributed by atoms with E-state index in [1.54, 1.807) is 37.6 Å². The number of carbonyl (C=O) groups is 1. The van der Waals surface area contributed by atoms with Crippen molar-refractivity contribution >= 4 is 49.8 Å². The highest BCUT2D eigenvalue weighted by Gasteiger charge is 2.15. The summed E-state index contributed by atoms with van der Waals surface area (Å²) in [5.74, 6) is 0.722. The van der Waals surface area contributed by atoms with Crippen LogP contribution < -0.4 is 15.5 Å². The molecular weight excluding hydrogens is 500 g/mol. The first-order valence-corrected chi connectivity index (χ1v) is 10.4. The molecule has 0 bridgehead atoms. The third-order valence-electron chi connectivity index (χ3n) is 4.41. The van der Waals surface area contributed by atoms with Crippen molar-refractivity contribution in [1.29, 1.82) is 0 Å². The Bertz CT molecular complexity index is 1040. The number of rotatable bonds is 5. The van der Waals surface area contributed by atoms with Crippen molar-refractivity contribution in [3.63, 3.8) is 0 Å². The van der Waals surface area contributed by atoms with E-state index >= 15 is 0 Å². The molecule has 0 saturated heterocycles. The highest BCUT2D eigenvalue weighted by Crippen LogP contribution is 2.30. The molecule has 1 aromatic heterocycles. The Morgan fingerprint density at radius 1 is 1.03 bits per heavy atom. The predicted octanol–water partition coefficient (Wildman–Crippen LogP) is 5.78. The van der Waals surface area contributed by atoms with E-state index in [2.05, 4.69) is 52.3 Å². The van der Waals surface area contributed by atoms with Crippen LogP contribution in [-0.2, 0) is 0 Å². The molecule has 8 heteroatoms. The average Bonchev–Trinajstić information content (AvgIpc) is 2.92. The number of hydrogen-bond acceptors (Lipinski definition) is 3. The second-order valence-corrected chi connectivity index (χ2v) is 7.97. The number of ether oxygens (including phenoxy) is 1. The van der Waals surface area contributed by atoms with Crippen LogP contribution in [0.1, 0.15) is 17.0 Å². The van der Waals surface area contributed by atoms with E-state index in [-0.39, 0.29) is 0 Å². The van der Waals surface area contributed by atoms with Crippen LogP contribution in [0.5, 0.6) is 5.75 Å². The van der Waals surface area contributed by atoms with Gasteiger partial charge in [0.05, 0.1) is 13.3 Å². The Kier molecular flexibility index (Phi) is 6.76. The summed E-state index contributed by atoms with van der Waals surface area (Å²) in [4.78, 5) is 12.1. The maximum Gasteiger partial charge on any atom is 0.339 e. The first-order chi connectivity index (χ1) is 13.9. The number of anilines is 1. The largest absolute Gasteiger partial charge is 0.497 e. The Morgan fingerprint density at radius 3 is 2.31 bits per heavy atom. The Morgan fingerprint density at radius 2 is 1.69 bits per heavy atom. The molecule has 0 atom stereocenters. The van der Waals surface area contributed by atoms with Crippen molar-refractivity contribution in [2.45, 2.75) is 13.8 Å². The fraction of sp³-hybridized carbons (Fsp3) is 0.143. The predicted molar refractivity (Wildman–Crippen MR) is 123 cm³/mol. The van der Waals surface area contributed by atoms with E-state index in [0.717, 1.165) is 37.3 Å². The van der Waals surface area contributed by atoms with Crippen LogP contribution in [-0.4, -0.2) is 23.9 Å². The molecule has 2 N–H and O–H groups in total. The number of nitrogens with one attached hydrogen (secondary N) is 2. The fourth-order valence-corrected chi connectivity index (χ4v) is 3.77. The molecule has 0 radical (unpaired) electrons. The van der Waals surface area contributed by atoms with Crippen LogP contribution in [0.15, 0.2) is 62.6 Å². The number of methoxy groups -OCH3 is 1. The number of carbonyl (C=O) groups excluding carboxylic acids is 1. The van der Waals surface area contributed by atoms with Gasteiger partial charge in [-0.25, -0.2) is 10.2 Å². The number of halogens is 2. The van der Waals surface area contributed by atoms with E-state index in [9.17, 15) is 4.79 Å². The monoisotopic (exact) mass is 518 g/mol. The minimum Gasteiger partial charge on any atom is -0.497 e.